The number of para-hydroxylation sites is 1. The molecule has 0 radical (unpaired) electrons. The van der Waals surface area contributed by atoms with Gasteiger partial charge in [0.05, 0.1) is 0 Å². The Morgan fingerprint density at radius 1 is 0.612 bits per heavy atom. The summed E-state index contributed by atoms with van der Waals surface area (Å²) < 4.78 is 14.0. The monoisotopic (exact) mass is 883 g/mol. The van der Waals surface area contributed by atoms with Crippen molar-refractivity contribution in [2.24, 2.45) is 5.41 Å². The van der Waals surface area contributed by atoms with E-state index in [4.69, 9.17) is 8.83 Å². The van der Waals surface area contributed by atoms with Gasteiger partial charge in [-0.05, 0) is 101 Å². The summed E-state index contributed by atoms with van der Waals surface area (Å²) >= 11 is 0. The Morgan fingerprint density at radius 3 is 1.94 bits per heavy atom. The Morgan fingerprint density at radius 2 is 1.25 bits per heavy atom. The van der Waals surface area contributed by atoms with Crippen LogP contribution < -0.4 is 0 Å². The second-order valence-corrected chi connectivity index (χ2v) is 17.1. The van der Waals surface area contributed by atoms with Crippen molar-refractivity contribution in [1.29, 1.82) is 0 Å². The third-order valence-electron chi connectivity index (χ3n) is 12.6. The number of benzene rings is 4. The number of hydrogen-bond acceptors (Lipinski definition) is 2. The average Bonchev–Trinajstić information content (AvgIpc) is 3.97. The molecule has 0 saturated carbocycles. The van der Waals surface area contributed by atoms with Crippen LogP contribution in [0.15, 0.2) is 216 Å². The predicted octanol–water partition coefficient (Wildman–Crippen LogP) is 20.0. The van der Waals surface area contributed by atoms with Crippen molar-refractivity contribution < 1.29 is 8.83 Å². The zero-order chi connectivity index (χ0) is 48.9. The molecular formula is C65H70O2. The van der Waals surface area contributed by atoms with E-state index in [0.717, 1.165) is 72.1 Å². The summed E-state index contributed by atoms with van der Waals surface area (Å²) in [4.78, 5) is 0. The molecule has 0 unspecified atom stereocenters. The highest BCUT2D eigenvalue weighted by atomic mass is 16.4. The lowest BCUT2D eigenvalue weighted by atomic mass is 9.75. The smallest absolute Gasteiger partial charge is 0.178 e. The van der Waals surface area contributed by atoms with Crippen LogP contribution in [0.25, 0.3) is 72.9 Å². The van der Waals surface area contributed by atoms with Crippen LogP contribution in [0.5, 0.6) is 0 Å². The summed E-state index contributed by atoms with van der Waals surface area (Å²) in [6.07, 6.45) is 36.1. The van der Waals surface area contributed by atoms with Crippen LogP contribution in [0.3, 0.4) is 0 Å². The number of rotatable bonds is 15. The number of fused-ring (bicyclic) bond motifs is 8. The summed E-state index contributed by atoms with van der Waals surface area (Å²) in [5.41, 5.74) is 15.7. The fourth-order valence-corrected chi connectivity index (χ4v) is 8.86. The minimum absolute atomic E-state index is 0.211. The quantitative estimate of drug-likeness (QED) is 0.0961. The minimum atomic E-state index is -0.336. The van der Waals surface area contributed by atoms with E-state index in [2.05, 4.69) is 177 Å². The lowest BCUT2D eigenvalue weighted by molar-refractivity contribution is 0.546. The standard InChI is InChI=1S/C61H58O2.2C2H6/c1-12-17-20-21-22-24-28-49-51-36-37-52-50-30-25-29-46(45-33-35-48-47-34-32-44(43(16-5)26-15-4)39-54(47)61(10,11)55(48)40-45)57(50)63-59(52)58(51)62-56(49)38-42(7)60(8,9)53(31-23-18-13-2)41(6)27-19-14-3;2*1-2/h12-40H,1,3-5H2,2,6-11H3;2*1-2H3/b18-13+,20-17+,22-21+,27-19-,28-24-,31-23+,42-38+,43-26+,53-41+;;. The van der Waals surface area contributed by atoms with Crippen molar-refractivity contribution in [3.63, 3.8) is 0 Å². The van der Waals surface area contributed by atoms with Crippen LogP contribution in [0.1, 0.15) is 104 Å². The highest BCUT2D eigenvalue weighted by Gasteiger charge is 2.36. The van der Waals surface area contributed by atoms with E-state index in [9.17, 15) is 0 Å². The van der Waals surface area contributed by atoms with Gasteiger partial charge in [0.2, 0.25) is 0 Å². The van der Waals surface area contributed by atoms with Gasteiger partial charge in [0.15, 0.2) is 11.2 Å². The van der Waals surface area contributed by atoms with Crippen LogP contribution in [0, 0.1) is 5.41 Å². The molecule has 7 rings (SSSR count). The van der Waals surface area contributed by atoms with Crippen molar-refractivity contribution in [2.75, 3.05) is 0 Å². The molecule has 0 N–H and O–H groups in total. The number of hydrogen-bond donors (Lipinski definition) is 0. The van der Waals surface area contributed by atoms with Crippen molar-refractivity contribution in [3.05, 3.63) is 235 Å². The summed E-state index contributed by atoms with van der Waals surface area (Å²) in [5.74, 6) is 0.773. The molecule has 0 aliphatic heterocycles. The second-order valence-electron chi connectivity index (χ2n) is 17.1. The molecule has 2 aromatic heterocycles. The molecular weight excluding hydrogens is 813 g/mol. The van der Waals surface area contributed by atoms with Gasteiger partial charge in [-0.15, -0.1) is 0 Å². The zero-order valence-corrected chi connectivity index (χ0v) is 41.9. The largest absolute Gasteiger partial charge is 0.452 e. The van der Waals surface area contributed by atoms with Crippen LogP contribution in [-0.4, -0.2) is 0 Å². The molecule has 4 aromatic carbocycles. The van der Waals surface area contributed by atoms with Gasteiger partial charge < -0.3 is 8.83 Å². The molecule has 2 nitrogen and oxygen atoms in total. The predicted molar refractivity (Wildman–Crippen MR) is 298 cm³/mol. The fraction of sp³-hybridized carbons (Fsp3) is 0.200. The Kier molecular flexibility index (Phi) is 17.3. The van der Waals surface area contributed by atoms with Gasteiger partial charge in [-0.2, -0.15) is 0 Å². The van der Waals surface area contributed by atoms with Gasteiger partial charge >= 0.3 is 0 Å². The van der Waals surface area contributed by atoms with Crippen molar-refractivity contribution >= 4 is 50.6 Å². The maximum Gasteiger partial charge on any atom is 0.178 e. The zero-order valence-electron chi connectivity index (χ0n) is 41.9. The van der Waals surface area contributed by atoms with Gasteiger partial charge in [0.25, 0.3) is 0 Å². The van der Waals surface area contributed by atoms with E-state index in [1.165, 1.54) is 33.4 Å². The second kappa shape index (κ2) is 22.8. The topological polar surface area (TPSA) is 26.3 Å². The lowest BCUT2D eigenvalue weighted by Gasteiger charge is -2.29. The van der Waals surface area contributed by atoms with Crippen molar-refractivity contribution in [2.45, 2.75) is 81.6 Å². The number of allylic oxidation sites excluding steroid dienone is 20. The van der Waals surface area contributed by atoms with Crippen LogP contribution in [-0.2, 0) is 5.41 Å². The number of furan rings is 2. The Bertz CT molecular complexity index is 3080. The molecule has 0 atom stereocenters. The fourth-order valence-electron chi connectivity index (χ4n) is 8.86. The molecule has 0 spiro atoms. The molecule has 342 valence electrons. The van der Waals surface area contributed by atoms with Crippen molar-refractivity contribution in [3.8, 4) is 22.3 Å². The normalized spacial score (nSPS) is 14.3. The Labute approximate surface area is 401 Å². The Hall–Kier alpha value is -7.16. The third kappa shape index (κ3) is 10.3. The first-order valence-electron chi connectivity index (χ1n) is 23.7. The highest BCUT2D eigenvalue weighted by molar-refractivity contribution is 6.17. The SMILES string of the molecule is C=C\C=C/C(C)=C(\C=C\C=C\C)C(C)(C)/C(C)=C/c1oc2c(ccc3c4cccc(-c5ccc6c(c5)C(C)(C)c5cc(/C(C=C)=C/C=C)ccc5-6)c4oc32)c1\C=C/C=C/C=C/C=C.CC.CC. The van der Waals surface area contributed by atoms with Crippen LogP contribution in [0.4, 0.5) is 0 Å². The third-order valence-corrected chi connectivity index (χ3v) is 12.6. The summed E-state index contributed by atoms with van der Waals surface area (Å²) in [6.45, 7) is 39.2. The first-order valence-corrected chi connectivity index (χ1v) is 23.7. The van der Waals surface area contributed by atoms with E-state index in [1.54, 1.807) is 6.08 Å². The molecule has 1 aliphatic rings. The summed E-state index contributed by atoms with van der Waals surface area (Å²) in [5, 5.41) is 3.05. The van der Waals surface area contributed by atoms with Crippen LogP contribution in [0.2, 0.25) is 0 Å². The minimum Gasteiger partial charge on any atom is -0.452 e. The molecule has 0 saturated heterocycles. The molecule has 0 amide bonds. The summed E-state index contributed by atoms with van der Waals surface area (Å²) in [6, 6.07) is 24.4. The van der Waals surface area contributed by atoms with Gasteiger partial charge in [0, 0.05) is 38.1 Å². The molecule has 0 fully saturated rings. The van der Waals surface area contributed by atoms with Gasteiger partial charge in [-0.25, -0.2) is 0 Å². The van der Waals surface area contributed by atoms with E-state index in [-0.39, 0.29) is 10.8 Å². The molecule has 0 bridgehead atoms. The molecule has 67 heavy (non-hydrogen) atoms. The van der Waals surface area contributed by atoms with E-state index >= 15 is 0 Å². The van der Waals surface area contributed by atoms with Crippen molar-refractivity contribution in [1.82, 2.24) is 0 Å². The Balaban J connectivity index is 0.00000204. The van der Waals surface area contributed by atoms with Gasteiger partial charge in [-0.3, -0.25) is 0 Å². The molecule has 2 heterocycles. The van der Waals surface area contributed by atoms with E-state index < -0.39 is 0 Å². The van der Waals surface area contributed by atoms with E-state index in [1.807, 2.05) is 95.4 Å². The van der Waals surface area contributed by atoms with E-state index in [0.29, 0.717) is 0 Å². The highest BCUT2D eigenvalue weighted by Crippen LogP contribution is 2.51. The molecule has 2 heteroatoms. The van der Waals surface area contributed by atoms with Gasteiger partial charge in [-0.1, -0.05) is 233 Å². The van der Waals surface area contributed by atoms with Crippen LogP contribution >= 0.6 is 0 Å². The first-order chi connectivity index (χ1) is 32.4. The maximum atomic E-state index is 7.00. The summed E-state index contributed by atoms with van der Waals surface area (Å²) in [7, 11) is 0. The molecule has 6 aromatic rings. The average molecular weight is 883 g/mol. The van der Waals surface area contributed by atoms with Gasteiger partial charge in [0.1, 0.15) is 11.3 Å². The molecule has 1 aliphatic carbocycles. The first kappa shape index (κ1) is 50.8. The lowest BCUT2D eigenvalue weighted by Crippen LogP contribution is -2.16. The maximum absolute atomic E-state index is 7.00.